The van der Waals surface area contributed by atoms with E-state index in [2.05, 4.69) is 62.0 Å². The highest BCUT2D eigenvalue weighted by atomic mass is 127. The normalized spacial score (nSPS) is 14.3. The van der Waals surface area contributed by atoms with Crippen LogP contribution in [0, 0.1) is 0 Å². The van der Waals surface area contributed by atoms with Gasteiger partial charge in [0.1, 0.15) is 5.82 Å². The van der Waals surface area contributed by atoms with Gasteiger partial charge in [0.2, 0.25) is 0 Å². The number of hydrogen-bond donors (Lipinski definition) is 2. The molecular formula is C25H34IN7. The summed E-state index contributed by atoms with van der Waals surface area (Å²) >= 11 is 0. The fourth-order valence-electron chi connectivity index (χ4n) is 4.05. The molecule has 7 nitrogen and oxygen atoms in total. The highest BCUT2D eigenvalue weighted by Gasteiger charge is 2.11. The monoisotopic (exact) mass is 559 g/mol. The van der Waals surface area contributed by atoms with Crippen LogP contribution in [0.5, 0.6) is 0 Å². The van der Waals surface area contributed by atoms with Crippen LogP contribution in [0.2, 0.25) is 0 Å². The summed E-state index contributed by atoms with van der Waals surface area (Å²) in [4.78, 5) is 11.5. The van der Waals surface area contributed by atoms with E-state index in [1.54, 1.807) is 7.05 Å². The van der Waals surface area contributed by atoms with Crippen molar-refractivity contribution >= 4 is 35.8 Å². The van der Waals surface area contributed by atoms with Crippen LogP contribution in [0.15, 0.2) is 66.0 Å². The predicted octanol–water partition coefficient (Wildman–Crippen LogP) is 4.19. The largest absolute Gasteiger partial charge is 0.357 e. The Bertz CT molecular complexity index is 978. The van der Waals surface area contributed by atoms with E-state index in [1.807, 2.05) is 29.3 Å². The second-order valence-electron chi connectivity index (χ2n) is 8.18. The predicted molar refractivity (Wildman–Crippen MR) is 145 cm³/mol. The molecule has 8 heteroatoms. The van der Waals surface area contributed by atoms with Gasteiger partial charge in [-0.15, -0.1) is 24.0 Å². The molecular weight excluding hydrogens is 525 g/mol. The second kappa shape index (κ2) is 13.2. The van der Waals surface area contributed by atoms with Crippen molar-refractivity contribution in [1.82, 2.24) is 25.4 Å². The zero-order valence-corrected chi connectivity index (χ0v) is 21.6. The molecule has 3 aromatic rings. The van der Waals surface area contributed by atoms with Gasteiger partial charge in [-0.2, -0.15) is 5.10 Å². The van der Waals surface area contributed by atoms with Crippen LogP contribution in [0.1, 0.15) is 42.4 Å². The van der Waals surface area contributed by atoms with Crippen LogP contribution < -0.4 is 15.5 Å². The summed E-state index contributed by atoms with van der Waals surface area (Å²) in [5.74, 6) is 1.86. The van der Waals surface area contributed by atoms with E-state index in [1.165, 1.54) is 36.8 Å². The van der Waals surface area contributed by atoms with E-state index in [4.69, 9.17) is 4.98 Å². The Hall–Kier alpha value is -2.62. The number of anilines is 1. The summed E-state index contributed by atoms with van der Waals surface area (Å²) in [5, 5.41) is 11.1. The van der Waals surface area contributed by atoms with Crippen LogP contribution in [-0.2, 0) is 19.6 Å². The van der Waals surface area contributed by atoms with Gasteiger partial charge in [0.15, 0.2) is 5.96 Å². The first-order chi connectivity index (χ1) is 15.8. The standard InChI is InChI=1S/C25H33N7.HI/c1-26-25(29-19-22-9-4-5-10-23(22)20-32-16-8-13-30-32)28-18-21-11-12-24(27-17-21)31-14-6-2-3-7-15-31;/h4-5,8-13,16-17H,2-3,6-7,14-15,18-20H2,1H3,(H2,26,28,29);1H. The summed E-state index contributed by atoms with van der Waals surface area (Å²) in [6, 6.07) is 14.7. The van der Waals surface area contributed by atoms with Crippen molar-refractivity contribution in [2.45, 2.75) is 45.3 Å². The van der Waals surface area contributed by atoms with Crippen LogP contribution >= 0.6 is 24.0 Å². The number of hydrogen-bond acceptors (Lipinski definition) is 4. The third-order valence-electron chi connectivity index (χ3n) is 5.88. The smallest absolute Gasteiger partial charge is 0.191 e. The molecule has 3 heterocycles. The number of nitrogens with zero attached hydrogens (tertiary/aromatic N) is 5. The summed E-state index contributed by atoms with van der Waals surface area (Å²) in [7, 11) is 1.80. The lowest BCUT2D eigenvalue weighted by Gasteiger charge is -2.21. The zero-order chi connectivity index (χ0) is 22.0. The fourth-order valence-corrected chi connectivity index (χ4v) is 4.05. The molecule has 0 unspecified atom stereocenters. The molecule has 1 aliphatic rings. The number of halogens is 1. The van der Waals surface area contributed by atoms with Gasteiger partial charge < -0.3 is 15.5 Å². The first kappa shape index (κ1) is 25.0. The maximum atomic E-state index is 4.71. The highest BCUT2D eigenvalue weighted by Crippen LogP contribution is 2.17. The molecule has 176 valence electrons. The van der Waals surface area contributed by atoms with Crippen molar-refractivity contribution in [2.75, 3.05) is 25.0 Å². The molecule has 0 spiro atoms. The van der Waals surface area contributed by atoms with Crippen molar-refractivity contribution in [2.24, 2.45) is 4.99 Å². The summed E-state index contributed by atoms with van der Waals surface area (Å²) in [6.45, 7) is 4.36. The molecule has 1 aromatic carbocycles. The lowest BCUT2D eigenvalue weighted by molar-refractivity contribution is 0.677. The molecule has 0 radical (unpaired) electrons. The summed E-state index contributed by atoms with van der Waals surface area (Å²) in [6.07, 6.45) is 10.9. The first-order valence-corrected chi connectivity index (χ1v) is 11.5. The van der Waals surface area contributed by atoms with Gasteiger partial charge >= 0.3 is 0 Å². The molecule has 0 atom stereocenters. The zero-order valence-electron chi connectivity index (χ0n) is 19.3. The Balaban J connectivity index is 0.00000306. The Morgan fingerprint density at radius 2 is 1.70 bits per heavy atom. The van der Waals surface area contributed by atoms with E-state index in [-0.39, 0.29) is 24.0 Å². The highest BCUT2D eigenvalue weighted by molar-refractivity contribution is 14.0. The molecule has 0 amide bonds. The maximum Gasteiger partial charge on any atom is 0.191 e. The lowest BCUT2D eigenvalue weighted by atomic mass is 10.1. The van der Waals surface area contributed by atoms with Crippen molar-refractivity contribution < 1.29 is 0 Å². The van der Waals surface area contributed by atoms with Crippen LogP contribution in [0.25, 0.3) is 0 Å². The quantitative estimate of drug-likeness (QED) is 0.258. The van der Waals surface area contributed by atoms with Gasteiger partial charge in [0.25, 0.3) is 0 Å². The second-order valence-corrected chi connectivity index (χ2v) is 8.18. The molecule has 0 saturated carbocycles. The molecule has 2 aromatic heterocycles. The minimum Gasteiger partial charge on any atom is -0.357 e. The Labute approximate surface area is 213 Å². The van der Waals surface area contributed by atoms with Crippen LogP contribution in [-0.4, -0.2) is 40.9 Å². The summed E-state index contributed by atoms with van der Waals surface area (Å²) < 4.78 is 1.94. The molecule has 1 fully saturated rings. The topological polar surface area (TPSA) is 70.4 Å². The minimum absolute atomic E-state index is 0. The number of rotatable bonds is 7. The number of aliphatic imine (C=N–C) groups is 1. The van der Waals surface area contributed by atoms with E-state index in [0.717, 1.165) is 37.0 Å². The van der Waals surface area contributed by atoms with Gasteiger partial charge in [-0.05, 0) is 41.7 Å². The summed E-state index contributed by atoms with van der Waals surface area (Å²) in [5.41, 5.74) is 3.62. The van der Waals surface area contributed by atoms with Crippen LogP contribution in [0.3, 0.4) is 0 Å². The van der Waals surface area contributed by atoms with Gasteiger partial charge in [-0.3, -0.25) is 9.67 Å². The first-order valence-electron chi connectivity index (χ1n) is 11.5. The number of aromatic nitrogens is 3. The Morgan fingerprint density at radius 3 is 2.36 bits per heavy atom. The third-order valence-corrected chi connectivity index (χ3v) is 5.88. The molecule has 0 bridgehead atoms. The van der Waals surface area contributed by atoms with Crippen LogP contribution in [0.4, 0.5) is 5.82 Å². The Kier molecular flexibility index (Phi) is 9.99. The molecule has 2 N–H and O–H groups in total. The molecule has 33 heavy (non-hydrogen) atoms. The van der Waals surface area contributed by atoms with Gasteiger partial charge in [-0.25, -0.2) is 4.98 Å². The fraction of sp³-hybridized carbons (Fsp3) is 0.400. The van der Waals surface area contributed by atoms with E-state index >= 15 is 0 Å². The van der Waals surface area contributed by atoms with Gasteiger partial charge in [0, 0.05) is 51.8 Å². The third kappa shape index (κ3) is 7.45. The van der Waals surface area contributed by atoms with Crippen molar-refractivity contribution in [3.05, 3.63) is 77.7 Å². The molecule has 1 aliphatic heterocycles. The lowest BCUT2D eigenvalue weighted by Crippen LogP contribution is -2.36. The maximum absolute atomic E-state index is 4.71. The van der Waals surface area contributed by atoms with E-state index in [0.29, 0.717) is 13.1 Å². The van der Waals surface area contributed by atoms with E-state index in [9.17, 15) is 0 Å². The molecule has 1 saturated heterocycles. The van der Waals surface area contributed by atoms with Crippen molar-refractivity contribution in [1.29, 1.82) is 0 Å². The number of benzene rings is 1. The number of nitrogens with one attached hydrogen (secondary N) is 2. The SMILES string of the molecule is CN=C(NCc1ccc(N2CCCCCC2)nc1)NCc1ccccc1Cn1cccn1.I. The van der Waals surface area contributed by atoms with Crippen molar-refractivity contribution in [3.8, 4) is 0 Å². The van der Waals surface area contributed by atoms with E-state index < -0.39 is 0 Å². The van der Waals surface area contributed by atoms with Gasteiger partial charge in [-0.1, -0.05) is 43.2 Å². The molecule has 0 aliphatic carbocycles. The minimum atomic E-state index is 0. The average Bonchev–Trinajstić information content (AvgIpc) is 3.19. The average molecular weight is 560 g/mol. The Morgan fingerprint density at radius 1 is 0.939 bits per heavy atom. The number of pyridine rings is 1. The molecule has 4 rings (SSSR count). The number of guanidine groups is 1. The van der Waals surface area contributed by atoms with Crippen molar-refractivity contribution in [3.63, 3.8) is 0 Å². The van der Waals surface area contributed by atoms with Gasteiger partial charge in [0.05, 0.1) is 6.54 Å².